The summed E-state index contributed by atoms with van der Waals surface area (Å²) in [7, 11) is 4.55. The van der Waals surface area contributed by atoms with Crippen LogP contribution in [-0.4, -0.2) is 37.5 Å². The summed E-state index contributed by atoms with van der Waals surface area (Å²) >= 11 is 6.56. The van der Waals surface area contributed by atoms with Crippen molar-refractivity contribution in [2.24, 2.45) is 0 Å². The lowest BCUT2D eigenvalue weighted by Gasteiger charge is -2.15. The van der Waals surface area contributed by atoms with Gasteiger partial charge in [0.1, 0.15) is 0 Å². The molecular weight excluding hydrogens is 426 g/mol. The molecule has 0 aliphatic carbocycles. The molecule has 0 radical (unpaired) electrons. The third-order valence-corrected chi connectivity index (χ3v) is 5.62. The lowest BCUT2D eigenvalue weighted by molar-refractivity contribution is -0.304. The minimum Gasteiger partial charge on any atom is -0.550 e. The third kappa shape index (κ3) is 4.42. The van der Waals surface area contributed by atoms with E-state index in [0.29, 0.717) is 43.3 Å². The maximum absolute atomic E-state index is 13.0. The topological polar surface area (TPSA) is 88.1 Å². The third-order valence-electron chi connectivity index (χ3n) is 4.32. The van der Waals surface area contributed by atoms with Crippen LogP contribution < -0.4 is 24.2 Å². The van der Waals surface area contributed by atoms with Gasteiger partial charge in [0.2, 0.25) is 5.75 Å². The van der Waals surface area contributed by atoms with Gasteiger partial charge in [0, 0.05) is 12.4 Å². The summed E-state index contributed by atoms with van der Waals surface area (Å²) in [6.07, 6.45) is 1.51. The number of rotatable bonds is 7. The van der Waals surface area contributed by atoms with E-state index in [4.69, 9.17) is 26.4 Å². The van der Waals surface area contributed by atoms with E-state index in [-0.39, 0.29) is 12.3 Å². The van der Waals surface area contributed by atoms with Gasteiger partial charge in [-0.3, -0.25) is 9.69 Å². The Morgan fingerprint density at radius 2 is 1.70 bits per heavy atom. The van der Waals surface area contributed by atoms with Crippen LogP contribution in [0.1, 0.15) is 11.1 Å². The minimum absolute atomic E-state index is 0.195. The molecule has 1 aliphatic rings. The zero-order valence-corrected chi connectivity index (χ0v) is 18.1. The molecular formula is C21H18NO6S2-. The van der Waals surface area contributed by atoms with Gasteiger partial charge in [-0.05, 0) is 41.5 Å². The second-order valence-electron chi connectivity index (χ2n) is 6.19. The predicted octanol–water partition coefficient (Wildman–Crippen LogP) is 2.41. The van der Waals surface area contributed by atoms with Crippen LogP contribution in [0, 0.1) is 0 Å². The number of anilines is 1. The molecule has 1 saturated heterocycles. The fraction of sp³-hybridized carbons (Fsp3) is 0.190. The number of amides is 1. The van der Waals surface area contributed by atoms with Crippen molar-refractivity contribution in [2.45, 2.75) is 6.42 Å². The second-order valence-corrected chi connectivity index (χ2v) is 7.87. The Morgan fingerprint density at radius 1 is 1.10 bits per heavy atom. The highest BCUT2D eigenvalue weighted by Gasteiger charge is 2.33. The number of benzene rings is 2. The molecule has 0 spiro atoms. The number of ether oxygens (including phenoxy) is 3. The highest BCUT2D eigenvalue weighted by Crippen LogP contribution is 2.41. The first kappa shape index (κ1) is 21.7. The fourth-order valence-electron chi connectivity index (χ4n) is 2.96. The van der Waals surface area contributed by atoms with Crippen LogP contribution in [-0.2, 0) is 16.0 Å². The lowest BCUT2D eigenvalue weighted by atomic mass is 10.1. The van der Waals surface area contributed by atoms with Gasteiger partial charge in [0.05, 0.1) is 31.9 Å². The van der Waals surface area contributed by atoms with Crippen molar-refractivity contribution in [2.75, 3.05) is 26.2 Å². The van der Waals surface area contributed by atoms with E-state index in [2.05, 4.69) is 0 Å². The average molecular weight is 445 g/mol. The molecule has 30 heavy (non-hydrogen) atoms. The SMILES string of the molecule is COc1cc(/C=C2/SC(=S)N(c3ccc(CC(=O)[O-])cc3)C2=O)cc(OC)c1OC. The van der Waals surface area contributed by atoms with Gasteiger partial charge in [0.25, 0.3) is 5.91 Å². The van der Waals surface area contributed by atoms with Crippen LogP contribution in [0.25, 0.3) is 6.08 Å². The summed E-state index contributed by atoms with van der Waals surface area (Å²) in [4.78, 5) is 25.6. The first-order valence-corrected chi connectivity index (χ1v) is 9.97. The molecule has 0 atom stereocenters. The number of aliphatic carboxylic acids is 1. The average Bonchev–Trinajstić information content (AvgIpc) is 3.00. The summed E-state index contributed by atoms with van der Waals surface area (Å²) in [5, 5.41) is 10.7. The van der Waals surface area contributed by atoms with Gasteiger partial charge in [-0.15, -0.1) is 0 Å². The van der Waals surface area contributed by atoms with Gasteiger partial charge < -0.3 is 24.1 Å². The Labute approximate surface area is 183 Å². The highest BCUT2D eigenvalue weighted by atomic mass is 32.2. The molecule has 0 saturated carbocycles. The van der Waals surface area contributed by atoms with Crippen LogP contribution in [0.2, 0.25) is 0 Å². The van der Waals surface area contributed by atoms with Crippen molar-refractivity contribution >= 4 is 51.9 Å². The molecule has 1 aliphatic heterocycles. The Bertz CT molecular complexity index is 1010. The van der Waals surface area contributed by atoms with E-state index in [0.717, 1.165) is 0 Å². The number of carbonyl (C=O) groups excluding carboxylic acids is 2. The van der Waals surface area contributed by atoms with Gasteiger partial charge in [-0.25, -0.2) is 0 Å². The zero-order valence-electron chi connectivity index (χ0n) is 16.5. The Hall–Kier alpha value is -3.04. The molecule has 0 bridgehead atoms. The first-order chi connectivity index (χ1) is 14.4. The van der Waals surface area contributed by atoms with E-state index in [1.807, 2.05) is 0 Å². The molecule has 1 fully saturated rings. The van der Waals surface area contributed by atoms with Gasteiger partial charge in [-0.2, -0.15) is 0 Å². The van der Waals surface area contributed by atoms with Crippen LogP contribution in [0.4, 0.5) is 5.69 Å². The number of thioether (sulfide) groups is 1. The maximum Gasteiger partial charge on any atom is 0.270 e. The highest BCUT2D eigenvalue weighted by molar-refractivity contribution is 8.27. The van der Waals surface area contributed by atoms with E-state index >= 15 is 0 Å². The predicted molar refractivity (Wildman–Crippen MR) is 117 cm³/mol. The number of nitrogens with zero attached hydrogens (tertiary/aromatic N) is 1. The van der Waals surface area contributed by atoms with Crippen LogP contribution in [0.5, 0.6) is 17.2 Å². The van der Waals surface area contributed by atoms with E-state index in [1.54, 1.807) is 42.5 Å². The van der Waals surface area contributed by atoms with E-state index in [1.165, 1.54) is 38.0 Å². The normalized spacial score (nSPS) is 14.9. The number of carboxylic acid groups (broad SMARTS) is 1. The molecule has 156 valence electrons. The molecule has 0 unspecified atom stereocenters. The number of methoxy groups -OCH3 is 3. The van der Waals surface area contributed by atoms with Gasteiger partial charge in [-0.1, -0.05) is 36.1 Å². The fourth-order valence-corrected chi connectivity index (χ4v) is 4.25. The van der Waals surface area contributed by atoms with Crippen LogP contribution in [0.15, 0.2) is 41.3 Å². The monoisotopic (exact) mass is 444 g/mol. The van der Waals surface area contributed by atoms with Gasteiger partial charge in [0.15, 0.2) is 15.8 Å². The standard InChI is InChI=1S/C21H19NO6S2/c1-26-15-8-13(9-16(27-2)19(15)28-3)10-17-20(25)22(21(29)30-17)14-6-4-12(5-7-14)11-18(23)24/h4-10H,11H2,1-3H3,(H,23,24)/p-1/b17-10+. The molecule has 7 nitrogen and oxygen atoms in total. The number of carbonyl (C=O) groups is 2. The molecule has 3 rings (SSSR count). The number of thiocarbonyl (C=S) groups is 1. The van der Waals surface area contributed by atoms with Crippen molar-refractivity contribution in [3.63, 3.8) is 0 Å². The molecule has 0 N–H and O–H groups in total. The molecule has 1 heterocycles. The summed E-state index contributed by atoms with van der Waals surface area (Å²) in [6.45, 7) is 0. The van der Waals surface area contributed by atoms with Crippen molar-refractivity contribution in [1.29, 1.82) is 0 Å². The van der Waals surface area contributed by atoms with E-state index in [9.17, 15) is 14.7 Å². The Morgan fingerprint density at radius 3 is 2.20 bits per heavy atom. The smallest absolute Gasteiger partial charge is 0.270 e. The molecule has 9 heteroatoms. The zero-order chi connectivity index (χ0) is 21.8. The Kier molecular flexibility index (Phi) is 6.63. The number of hydrogen-bond donors (Lipinski definition) is 0. The molecule has 0 aromatic heterocycles. The first-order valence-electron chi connectivity index (χ1n) is 8.74. The lowest BCUT2D eigenvalue weighted by Crippen LogP contribution is -2.27. The van der Waals surface area contributed by atoms with Gasteiger partial charge >= 0.3 is 0 Å². The molecule has 2 aromatic rings. The van der Waals surface area contributed by atoms with E-state index < -0.39 is 5.97 Å². The summed E-state index contributed by atoms with van der Waals surface area (Å²) < 4.78 is 16.4. The summed E-state index contributed by atoms with van der Waals surface area (Å²) in [6, 6.07) is 10.1. The largest absolute Gasteiger partial charge is 0.550 e. The number of carboxylic acids is 1. The summed E-state index contributed by atoms with van der Waals surface area (Å²) in [5.41, 5.74) is 1.83. The van der Waals surface area contributed by atoms with Crippen molar-refractivity contribution in [3.8, 4) is 17.2 Å². The molecule has 1 amide bonds. The second kappa shape index (κ2) is 9.19. The van der Waals surface area contributed by atoms with Crippen molar-refractivity contribution < 1.29 is 28.9 Å². The van der Waals surface area contributed by atoms with Crippen LogP contribution >= 0.6 is 24.0 Å². The van der Waals surface area contributed by atoms with Crippen LogP contribution in [0.3, 0.4) is 0 Å². The molecule has 2 aromatic carbocycles. The summed E-state index contributed by atoms with van der Waals surface area (Å²) in [5.74, 6) is -0.0291. The Balaban J connectivity index is 1.91. The van der Waals surface area contributed by atoms with Crippen molar-refractivity contribution in [1.82, 2.24) is 0 Å². The number of hydrogen-bond acceptors (Lipinski definition) is 8. The maximum atomic E-state index is 13.0. The van der Waals surface area contributed by atoms with Crippen molar-refractivity contribution in [3.05, 3.63) is 52.4 Å². The minimum atomic E-state index is -1.17. The quantitative estimate of drug-likeness (QED) is 0.475.